The average Bonchev–Trinajstić information content (AvgIpc) is 2.71. The molecule has 94 valence electrons. The van der Waals surface area contributed by atoms with E-state index in [1.54, 1.807) is 0 Å². The van der Waals surface area contributed by atoms with Crippen molar-refractivity contribution < 1.29 is 0 Å². The van der Waals surface area contributed by atoms with E-state index in [4.69, 9.17) is 5.73 Å². The van der Waals surface area contributed by atoms with Gasteiger partial charge in [0.05, 0.1) is 0 Å². The fraction of sp³-hybridized carbons (Fsp3) is 0.833. The third kappa shape index (κ3) is 2.65. The molecule has 1 aromatic heterocycles. The number of aryl methyl sites for hydroxylation is 1. The molecule has 2 N–H and O–H groups in total. The fourth-order valence-electron chi connectivity index (χ4n) is 2.68. The lowest BCUT2D eigenvalue weighted by Crippen LogP contribution is -2.31. The summed E-state index contributed by atoms with van der Waals surface area (Å²) < 4.78 is 2.07. The van der Waals surface area contributed by atoms with Crippen molar-refractivity contribution in [3.63, 3.8) is 0 Å². The van der Waals surface area contributed by atoms with Gasteiger partial charge in [-0.1, -0.05) is 0 Å². The van der Waals surface area contributed by atoms with E-state index in [2.05, 4.69) is 26.5 Å². The lowest BCUT2D eigenvalue weighted by atomic mass is 9.99. The SMILES string of the molecule is NC1CCn2nc(CC3CCSCC3)nc2C1. The van der Waals surface area contributed by atoms with E-state index in [1.807, 2.05) is 0 Å². The Morgan fingerprint density at radius 1 is 1.29 bits per heavy atom. The maximum Gasteiger partial charge on any atom is 0.151 e. The zero-order valence-corrected chi connectivity index (χ0v) is 11.0. The van der Waals surface area contributed by atoms with Crippen molar-refractivity contribution in [3.05, 3.63) is 11.6 Å². The van der Waals surface area contributed by atoms with Gasteiger partial charge in [-0.2, -0.15) is 16.9 Å². The highest BCUT2D eigenvalue weighted by atomic mass is 32.2. The van der Waals surface area contributed by atoms with Crippen LogP contribution in [0.4, 0.5) is 0 Å². The van der Waals surface area contributed by atoms with Gasteiger partial charge in [0.15, 0.2) is 5.82 Å². The maximum atomic E-state index is 5.96. The van der Waals surface area contributed by atoms with Crippen molar-refractivity contribution in [2.24, 2.45) is 11.7 Å². The van der Waals surface area contributed by atoms with Gasteiger partial charge >= 0.3 is 0 Å². The maximum absolute atomic E-state index is 5.96. The van der Waals surface area contributed by atoms with Crippen LogP contribution in [0.2, 0.25) is 0 Å². The molecule has 0 aliphatic carbocycles. The summed E-state index contributed by atoms with van der Waals surface area (Å²) in [4.78, 5) is 4.66. The lowest BCUT2D eigenvalue weighted by Gasteiger charge is -2.19. The Morgan fingerprint density at radius 3 is 2.94 bits per heavy atom. The van der Waals surface area contributed by atoms with Gasteiger partial charge in [-0.05, 0) is 36.7 Å². The van der Waals surface area contributed by atoms with E-state index in [9.17, 15) is 0 Å². The largest absolute Gasteiger partial charge is 0.327 e. The summed E-state index contributed by atoms with van der Waals surface area (Å²) in [6, 6.07) is 0.283. The van der Waals surface area contributed by atoms with Crippen LogP contribution >= 0.6 is 11.8 Å². The van der Waals surface area contributed by atoms with Crippen LogP contribution in [0.1, 0.15) is 30.9 Å². The number of nitrogens with zero attached hydrogens (tertiary/aromatic N) is 3. The molecule has 3 heterocycles. The Morgan fingerprint density at radius 2 is 2.12 bits per heavy atom. The Bertz CT molecular complexity index is 384. The number of fused-ring (bicyclic) bond motifs is 1. The van der Waals surface area contributed by atoms with Crippen LogP contribution in [0.3, 0.4) is 0 Å². The van der Waals surface area contributed by atoms with Gasteiger partial charge < -0.3 is 5.73 Å². The van der Waals surface area contributed by atoms with E-state index in [-0.39, 0.29) is 6.04 Å². The molecule has 1 unspecified atom stereocenters. The van der Waals surface area contributed by atoms with Crippen LogP contribution < -0.4 is 5.73 Å². The van der Waals surface area contributed by atoms with Gasteiger partial charge in [0.2, 0.25) is 0 Å². The van der Waals surface area contributed by atoms with Gasteiger partial charge in [-0.15, -0.1) is 0 Å². The minimum atomic E-state index is 0.283. The van der Waals surface area contributed by atoms with Crippen molar-refractivity contribution in [1.82, 2.24) is 14.8 Å². The van der Waals surface area contributed by atoms with E-state index in [0.29, 0.717) is 0 Å². The van der Waals surface area contributed by atoms with Crippen molar-refractivity contribution in [1.29, 1.82) is 0 Å². The molecule has 0 radical (unpaired) electrons. The molecule has 1 fully saturated rings. The number of rotatable bonds is 2. The third-order valence-corrected chi connectivity index (χ3v) is 4.81. The highest BCUT2D eigenvalue weighted by molar-refractivity contribution is 7.99. The van der Waals surface area contributed by atoms with Crippen molar-refractivity contribution in [3.8, 4) is 0 Å². The molecular formula is C12H20N4S. The van der Waals surface area contributed by atoms with Crippen LogP contribution in [0.25, 0.3) is 0 Å². The molecule has 2 aliphatic rings. The number of thioether (sulfide) groups is 1. The first-order chi connectivity index (χ1) is 8.31. The van der Waals surface area contributed by atoms with Crippen molar-refractivity contribution in [2.75, 3.05) is 11.5 Å². The number of hydrogen-bond donors (Lipinski definition) is 1. The topological polar surface area (TPSA) is 56.7 Å². The van der Waals surface area contributed by atoms with Gasteiger partial charge in [0, 0.05) is 25.4 Å². The number of hydrogen-bond acceptors (Lipinski definition) is 4. The third-order valence-electron chi connectivity index (χ3n) is 3.76. The molecule has 0 aromatic carbocycles. The molecule has 3 rings (SSSR count). The summed E-state index contributed by atoms with van der Waals surface area (Å²) in [5.41, 5.74) is 5.96. The monoisotopic (exact) mass is 252 g/mol. The predicted octanol–water partition coefficient (Wildman–Crippen LogP) is 1.24. The minimum Gasteiger partial charge on any atom is -0.327 e. The molecule has 1 atom stereocenters. The zero-order valence-electron chi connectivity index (χ0n) is 10.1. The fourth-order valence-corrected chi connectivity index (χ4v) is 3.88. The van der Waals surface area contributed by atoms with Crippen LogP contribution in [0, 0.1) is 5.92 Å². The molecule has 1 saturated heterocycles. The summed E-state index contributed by atoms with van der Waals surface area (Å²) in [6.45, 7) is 0.948. The predicted molar refractivity (Wildman–Crippen MR) is 70.1 cm³/mol. The summed E-state index contributed by atoms with van der Waals surface area (Å²) in [7, 11) is 0. The van der Waals surface area contributed by atoms with Crippen LogP contribution in [-0.2, 0) is 19.4 Å². The first-order valence-electron chi connectivity index (χ1n) is 6.57. The average molecular weight is 252 g/mol. The molecule has 0 bridgehead atoms. The molecule has 5 heteroatoms. The zero-order chi connectivity index (χ0) is 11.7. The Labute approximate surface area is 106 Å². The Balaban J connectivity index is 1.67. The molecule has 0 spiro atoms. The summed E-state index contributed by atoms with van der Waals surface area (Å²) in [5, 5.41) is 4.62. The molecule has 1 aromatic rings. The van der Waals surface area contributed by atoms with Gasteiger partial charge in [0.1, 0.15) is 5.82 Å². The Hall–Kier alpha value is -0.550. The lowest BCUT2D eigenvalue weighted by molar-refractivity contribution is 0.429. The van der Waals surface area contributed by atoms with Crippen LogP contribution in [0.5, 0.6) is 0 Å². The van der Waals surface area contributed by atoms with Crippen LogP contribution in [0.15, 0.2) is 0 Å². The highest BCUT2D eigenvalue weighted by Crippen LogP contribution is 2.25. The molecule has 2 aliphatic heterocycles. The highest BCUT2D eigenvalue weighted by Gasteiger charge is 2.21. The molecule has 4 nitrogen and oxygen atoms in total. The van der Waals surface area contributed by atoms with E-state index in [0.717, 1.165) is 43.4 Å². The van der Waals surface area contributed by atoms with Gasteiger partial charge in [-0.3, -0.25) is 0 Å². The summed E-state index contributed by atoms with van der Waals surface area (Å²) in [6.07, 6.45) is 5.65. The van der Waals surface area contributed by atoms with Gasteiger partial charge in [0.25, 0.3) is 0 Å². The second-order valence-corrected chi connectivity index (χ2v) is 6.40. The second-order valence-electron chi connectivity index (χ2n) is 5.18. The summed E-state index contributed by atoms with van der Waals surface area (Å²) >= 11 is 2.07. The van der Waals surface area contributed by atoms with E-state index >= 15 is 0 Å². The molecular weight excluding hydrogens is 232 g/mol. The van der Waals surface area contributed by atoms with E-state index < -0.39 is 0 Å². The first-order valence-corrected chi connectivity index (χ1v) is 7.72. The summed E-state index contributed by atoms with van der Waals surface area (Å²) in [5.74, 6) is 5.57. The standard InChI is InChI=1S/C12H20N4S/c13-10-1-4-16-12(8-10)14-11(15-16)7-9-2-5-17-6-3-9/h9-10H,1-8,13H2. The molecule has 17 heavy (non-hydrogen) atoms. The quantitative estimate of drug-likeness (QED) is 0.860. The minimum absolute atomic E-state index is 0.283. The first kappa shape index (κ1) is 11.5. The number of nitrogens with two attached hydrogens (primary N) is 1. The van der Waals surface area contributed by atoms with Crippen LogP contribution in [-0.4, -0.2) is 32.3 Å². The second kappa shape index (κ2) is 4.98. The van der Waals surface area contributed by atoms with Gasteiger partial charge in [-0.25, -0.2) is 9.67 Å². The molecule has 0 amide bonds. The smallest absolute Gasteiger partial charge is 0.151 e. The number of aromatic nitrogens is 3. The van der Waals surface area contributed by atoms with Crippen molar-refractivity contribution >= 4 is 11.8 Å². The van der Waals surface area contributed by atoms with E-state index in [1.165, 1.54) is 24.3 Å². The normalized spacial score (nSPS) is 25.8. The van der Waals surface area contributed by atoms with Crippen molar-refractivity contribution in [2.45, 2.75) is 44.7 Å². The Kier molecular flexibility index (Phi) is 3.38. The molecule has 0 saturated carbocycles.